The Hall–Kier alpha value is -1.15. The van der Waals surface area contributed by atoms with Gasteiger partial charge in [0, 0.05) is 6.42 Å². The Morgan fingerprint density at radius 2 is 2.00 bits per heavy atom. The van der Waals surface area contributed by atoms with Crippen molar-refractivity contribution < 1.29 is 9.53 Å². The van der Waals surface area contributed by atoms with Gasteiger partial charge in [-0.15, -0.1) is 0 Å². The zero-order valence-corrected chi connectivity index (χ0v) is 11.3. The minimum atomic E-state index is 0.229. The summed E-state index contributed by atoms with van der Waals surface area (Å²) in [5.41, 5.74) is 1.23. The van der Waals surface area contributed by atoms with Crippen LogP contribution in [0.25, 0.3) is 0 Å². The van der Waals surface area contributed by atoms with Gasteiger partial charge in [-0.05, 0) is 24.5 Å². The SMILES string of the molecule is CCCCCCC(=O)COCCc1cc[c]cc1. The summed E-state index contributed by atoms with van der Waals surface area (Å²) < 4.78 is 5.40. The third kappa shape index (κ3) is 7.23. The van der Waals surface area contributed by atoms with E-state index < -0.39 is 0 Å². The maximum Gasteiger partial charge on any atom is 0.158 e. The zero-order valence-electron chi connectivity index (χ0n) is 11.3. The van der Waals surface area contributed by atoms with E-state index in [1.165, 1.54) is 18.4 Å². The van der Waals surface area contributed by atoms with Crippen molar-refractivity contribution in [3.05, 3.63) is 35.9 Å². The lowest BCUT2D eigenvalue weighted by atomic mass is 10.1. The van der Waals surface area contributed by atoms with E-state index in [0.717, 1.165) is 19.3 Å². The lowest BCUT2D eigenvalue weighted by molar-refractivity contribution is -0.123. The van der Waals surface area contributed by atoms with Gasteiger partial charge in [-0.25, -0.2) is 0 Å². The lowest BCUT2D eigenvalue weighted by Crippen LogP contribution is -2.10. The Bertz CT molecular complexity index is 319. The monoisotopic (exact) mass is 247 g/mol. The zero-order chi connectivity index (χ0) is 13.1. The molecular formula is C16H23O2. The fourth-order valence-corrected chi connectivity index (χ4v) is 1.79. The van der Waals surface area contributed by atoms with Gasteiger partial charge in [0.05, 0.1) is 6.61 Å². The second-order valence-corrected chi connectivity index (χ2v) is 4.56. The molecule has 2 nitrogen and oxygen atoms in total. The maximum atomic E-state index is 11.5. The third-order valence-electron chi connectivity index (χ3n) is 2.89. The summed E-state index contributed by atoms with van der Waals surface area (Å²) >= 11 is 0. The highest BCUT2D eigenvalue weighted by Crippen LogP contribution is 2.03. The minimum Gasteiger partial charge on any atom is -0.373 e. The van der Waals surface area contributed by atoms with Crippen LogP contribution in [0.3, 0.4) is 0 Å². The molecule has 1 radical (unpaired) electrons. The molecule has 99 valence electrons. The van der Waals surface area contributed by atoms with E-state index in [9.17, 15) is 4.79 Å². The maximum absolute atomic E-state index is 11.5. The molecule has 0 fully saturated rings. The Kier molecular flexibility index (Phi) is 8.15. The summed E-state index contributed by atoms with van der Waals surface area (Å²) in [6.45, 7) is 3.06. The van der Waals surface area contributed by atoms with Gasteiger partial charge in [-0.3, -0.25) is 4.79 Å². The van der Waals surface area contributed by atoms with E-state index in [4.69, 9.17) is 4.74 Å². The molecule has 1 rings (SSSR count). The molecule has 0 saturated carbocycles. The van der Waals surface area contributed by atoms with Crippen LogP contribution in [-0.4, -0.2) is 19.0 Å². The van der Waals surface area contributed by atoms with E-state index in [2.05, 4.69) is 13.0 Å². The van der Waals surface area contributed by atoms with Crippen LogP contribution < -0.4 is 0 Å². The molecule has 0 saturated heterocycles. The molecule has 18 heavy (non-hydrogen) atoms. The van der Waals surface area contributed by atoms with Gasteiger partial charge in [-0.1, -0.05) is 50.5 Å². The third-order valence-corrected chi connectivity index (χ3v) is 2.89. The second kappa shape index (κ2) is 9.84. The lowest BCUT2D eigenvalue weighted by Gasteiger charge is -2.04. The van der Waals surface area contributed by atoms with E-state index in [1.807, 2.05) is 24.3 Å². The molecule has 0 amide bonds. The summed E-state index contributed by atoms with van der Waals surface area (Å²) in [7, 11) is 0. The number of rotatable bonds is 10. The van der Waals surface area contributed by atoms with Gasteiger partial charge in [0.25, 0.3) is 0 Å². The second-order valence-electron chi connectivity index (χ2n) is 4.56. The van der Waals surface area contributed by atoms with Crippen molar-refractivity contribution in [1.82, 2.24) is 0 Å². The number of Topliss-reactive ketones (excluding diaryl/α,β-unsaturated/α-hetero) is 1. The highest BCUT2D eigenvalue weighted by Gasteiger charge is 2.01. The molecule has 0 heterocycles. The topological polar surface area (TPSA) is 26.3 Å². The highest BCUT2D eigenvalue weighted by atomic mass is 16.5. The van der Waals surface area contributed by atoms with Crippen molar-refractivity contribution in [2.24, 2.45) is 0 Å². The Balaban J connectivity index is 1.99. The van der Waals surface area contributed by atoms with Crippen molar-refractivity contribution in [1.29, 1.82) is 0 Å². The van der Waals surface area contributed by atoms with Crippen LogP contribution in [0.2, 0.25) is 0 Å². The first-order chi connectivity index (χ1) is 8.83. The van der Waals surface area contributed by atoms with Gasteiger partial charge >= 0.3 is 0 Å². The van der Waals surface area contributed by atoms with Crippen LogP contribution in [-0.2, 0) is 16.0 Å². The van der Waals surface area contributed by atoms with E-state index in [0.29, 0.717) is 13.0 Å². The standard InChI is InChI=1S/C16H23O2/c1-2-3-4-8-11-16(17)14-18-13-12-15-9-6-5-7-10-15/h6-7,9-10H,2-4,8,11-14H2,1H3. The molecule has 0 unspecified atom stereocenters. The Morgan fingerprint density at radius 3 is 2.72 bits per heavy atom. The van der Waals surface area contributed by atoms with Crippen LogP contribution >= 0.6 is 0 Å². The number of hydrogen-bond acceptors (Lipinski definition) is 2. The molecule has 0 aliphatic heterocycles. The smallest absolute Gasteiger partial charge is 0.158 e. The predicted octanol–water partition coefficient (Wildman–Crippen LogP) is 3.59. The first kappa shape index (κ1) is 14.9. The van der Waals surface area contributed by atoms with Gasteiger partial charge in [0.2, 0.25) is 0 Å². The molecule has 0 spiro atoms. The van der Waals surface area contributed by atoms with Crippen LogP contribution in [0.4, 0.5) is 0 Å². The molecule has 0 aliphatic rings. The van der Waals surface area contributed by atoms with Crippen molar-refractivity contribution in [3.8, 4) is 0 Å². The summed E-state index contributed by atoms with van der Waals surface area (Å²) in [5.74, 6) is 0.229. The molecule has 2 heteroatoms. The molecule has 0 N–H and O–H groups in total. The van der Waals surface area contributed by atoms with Crippen molar-refractivity contribution in [2.45, 2.75) is 45.4 Å². The molecule has 0 bridgehead atoms. The molecule has 1 aromatic rings. The quantitative estimate of drug-likeness (QED) is 0.591. The van der Waals surface area contributed by atoms with Crippen molar-refractivity contribution in [2.75, 3.05) is 13.2 Å². The first-order valence-electron chi connectivity index (χ1n) is 6.87. The van der Waals surface area contributed by atoms with Gasteiger partial charge in [-0.2, -0.15) is 0 Å². The summed E-state index contributed by atoms with van der Waals surface area (Å²) in [6.07, 6.45) is 6.11. The number of benzene rings is 1. The Labute approximate surface area is 110 Å². The predicted molar refractivity (Wildman–Crippen MR) is 73.6 cm³/mol. The average molecular weight is 247 g/mol. The summed E-state index contributed by atoms with van der Waals surface area (Å²) in [5, 5.41) is 0. The van der Waals surface area contributed by atoms with Crippen LogP contribution in [0.5, 0.6) is 0 Å². The van der Waals surface area contributed by atoms with Gasteiger partial charge < -0.3 is 4.74 Å². The number of hydrogen-bond donors (Lipinski definition) is 0. The minimum absolute atomic E-state index is 0.229. The van der Waals surface area contributed by atoms with Crippen molar-refractivity contribution in [3.63, 3.8) is 0 Å². The van der Waals surface area contributed by atoms with Gasteiger partial charge in [0.15, 0.2) is 5.78 Å². The van der Waals surface area contributed by atoms with E-state index in [1.54, 1.807) is 0 Å². The van der Waals surface area contributed by atoms with E-state index in [-0.39, 0.29) is 12.4 Å². The molecule has 0 aromatic heterocycles. The number of ether oxygens (including phenoxy) is 1. The molecular weight excluding hydrogens is 224 g/mol. The van der Waals surface area contributed by atoms with Gasteiger partial charge in [0.1, 0.15) is 6.61 Å². The largest absolute Gasteiger partial charge is 0.373 e. The molecule has 0 atom stereocenters. The van der Waals surface area contributed by atoms with Crippen LogP contribution in [0.1, 0.15) is 44.6 Å². The van der Waals surface area contributed by atoms with E-state index >= 15 is 0 Å². The molecule has 0 aliphatic carbocycles. The fourth-order valence-electron chi connectivity index (χ4n) is 1.79. The number of carbonyl (C=O) groups is 1. The average Bonchev–Trinajstić information content (AvgIpc) is 2.41. The fraction of sp³-hybridized carbons (Fsp3) is 0.562. The van der Waals surface area contributed by atoms with Crippen molar-refractivity contribution >= 4 is 5.78 Å². The normalized spacial score (nSPS) is 10.5. The molecule has 1 aromatic carbocycles. The summed E-state index contributed by atoms with van der Waals surface area (Å²) in [4.78, 5) is 11.5. The number of carbonyl (C=O) groups excluding carboxylic acids is 1. The summed E-state index contributed by atoms with van der Waals surface area (Å²) in [6, 6.07) is 10.8. The number of unbranched alkanes of at least 4 members (excludes halogenated alkanes) is 3. The van der Waals surface area contributed by atoms with Crippen LogP contribution in [0, 0.1) is 6.07 Å². The number of ketones is 1. The van der Waals surface area contributed by atoms with Crippen LogP contribution in [0.15, 0.2) is 24.3 Å². The highest BCUT2D eigenvalue weighted by molar-refractivity contribution is 5.79. The first-order valence-corrected chi connectivity index (χ1v) is 6.87. The Morgan fingerprint density at radius 1 is 1.22 bits per heavy atom.